The minimum atomic E-state index is 0.217. The molecular weight excluding hydrogens is 222 g/mol. The van der Waals surface area contributed by atoms with Gasteiger partial charge < -0.3 is 10.4 Å². The number of piperidine rings is 1. The van der Waals surface area contributed by atoms with Crippen molar-refractivity contribution in [3.05, 3.63) is 29.3 Å². The Bertz CT molecular complexity index is 480. The Balaban J connectivity index is 2.25. The highest BCUT2D eigenvalue weighted by Gasteiger charge is 2.54. The van der Waals surface area contributed by atoms with Crippen molar-refractivity contribution in [2.24, 2.45) is 5.41 Å². The first-order valence-corrected chi connectivity index (χ1v) is 7.07. The fourth-order valence-corrected chi connectivity index (χ4v) is 4.41. The van der Waals surface area contributed by atoms with Gasteiger partial charge in [-0.15, -0.1) is 0 Å². The molecule has 2 bridgehead atoms. The fourth-order valence-electron chi connectivity index (χ4n) is 4.41. The van der Waals surface area contributed by atoms with Gasteiger partial charge in [0, 0.05) is 11.5 Å². The van der Waals surface area contributed by atoms with E-state index in [2.05, 4.69) is 32.2 Å². The Morgan fingerprint density at radius 2 is 2.17 bits per heavy atom. The molecule has 98 valence electrons. The van der Waals surface area contributed by atoms with Crippen LogP contribution in [0.25, 0.3) is 0 Å². The lowest BCUT2D eigenvalue weighted by Crippen LogP contribution is -2.63. The first-order chi connectivity index (χ1) is 8.51. The van der Waals surface area contributed by atoms with Crippen molar-refractivity contribution in [3.8, 4) is 5.75 Å². The van der Waals surface area contributed by atoms with Gasteiger partial charge in [0.25, 0.3) is 0 Å². The second-order valence-electron chi connectivity index (χ2n) is 6.46. The summed E-state index contributed by atoms with van der Waals surface area (Å²) >= 11 is 0. The number of aromatic hydroxyl groups is 1. The molecule has 2 heteroatoms. The monoisotopic (exact) mass is 245 g/mol. The van der Waals surface area contributed by atoms with E-state index in [1.807, 2.05) is 12.1 Å². The lowest BCUT2D eigenvalue weighted by Gasteiger charge is -2.59. The van der Waals surface area contributed by atoms with E-state index in [1.54, 1.807) is 0 Å². The van der Waals surface area contributed by atoms with E-state index in [0.29, 0.717) is 11.8 Å². The predicted octanol–water partition coefficient (Wildman–Crippen LogP) is 2.98. The van der Waals surface area contributed by atoms with Gasteiger partial charge in [0.15, 0.2) is 0 Å². The molecule has 0 radical (unpaired) electrons. The molecule has 1 aromatic carbocycles. The molecule has 1 fully saturated rings. The summed E-state index contributed by atoms with van der Waals surface area (Å²) in [6, 6.07) is 6.52. The number of hydrogen-bond acceptors (Lipinski definition) is 2. The van der Waals surface area contributed by atoms with Crippen LogP contribution in [0.1, 0.15) is 44.7 Å². The lowest BCUT2D eigenvalue weighted by molar-refractivity contribution is 0.0389. The summed E-state index contributed by atoms with van der Waals surface area (Å²) in [5.74, 6) is 0.411. The van der Waals surface area contributed by atoms with Crippen LogP contribution in [0.5, 0.6) is 5.75 Å². The number of nitrogens with one attached hydrogen (secondary N) is 1. The molecule has 1 aromatic rings. The molecule has 2 N–H and O–H groups in total. The van der Waals surface area contributed by atoms with Crippen molar-refractivity contribution >= 4 is 0 Å². The number of phenols is 1. The third kappa shape index (κ3) is 1.33. The van der Waals surface area contributed by atoms with Crippen molar-refractivity contribution in [1.29, 1.82) is 0 Å². The number of phenolic OH excluding ortho intramolecular Hbond substituents is 1. The highest BCUT2D eigenvalue weighted by Crippen LogP contribution is 2.56. The van der Waals surface area contributed by atoms with Crippen LogP contribution < -0.4 is 5.32 Å². The Hall–Kier alpha value is -1.02. The van der Waals surface area contributed by atoms with Gasteiger partial charge in [-0.05, 0) is 54.5 Å². The third-order valence-electron chi connectivity index (χ3n) is 5.68. The molecule has 1 aliphatic heterocycles. The maximum atomic E-state index is 9.85. The second kappa shape index (κ2) is 3.74. The van der Waals surface area contributed by atoms with Gasteiger partial charge in [-0.3, -0.25) is 0 Å². The highest BCUT2D eigenvalue weighted by atomic mass is 16.3. The van der Waals surface area contributed by atoms with Gasteiger partial charge in [-0.1, -0.05) is 26.8 Å². The molecule has 1 saturated heterocycles. The van der Waals surface area contributed by atoms with Crippen molar-refractivity contribution in [3.63, 3.8) is 0 Å². The summed E-state index contributed by atoms with van der Waals surface area (Å²) in [4.78, 5) is 0. The van der Waals surface area contributed by atoms with Gasteiger partial charge in [0.2, 0.25) is 0 Å². The second-order valence-corrected chi connectivity index (χ2v) is 6.46. The van der Waals surface area contributed by atoms with Crippen molar-refractivity contribution in [2.45, 2.75) is 51.5 Å². The van der Waals surface area contributed by atoms with Gasteiger partial charge >= 0.3 is 0 Å². The van der Waals surface area contributed by atoms with E-state index >= 15 is 0 Å². The third-order valence-corrected chi connectivity index (χ3v) is 5.68. The predicted molar refractivity (Wildman–Crippen MR) is 74.0 cm³/mol. The van der Waals surface area contributed by atoms with Crippen molar-refractivity contribution in [2.75, 3.05) is 6.54 Å². The minimum absolute atomic E-state index is 0.217. The SMILES string of the molecule is CC[C@]12CCNC(Cc3ccc(O)cc31)C2(C)C. The Kier molecular flexibility index (Phi) is 2.50. The molecule has 2 nitrogen and oxygen atoms in total. The normalized spacial score (nSPS) is 32.9. The Labute approximate surface area is 109 Å². The lowest BCUT2D eigenvalue weighted by atomic mass is 9.49. The molecule has 0 saturated carbocycles. The molecule has 2 aliphatic rings. The molecule has 1 heterocycles. The summed E-state index contributed by atoms with van der Waals surface area (Å²) in [6.45, 7) is 8.17. The van der Waals surface area contributed by atoms with Crippen LogP contribution in [-0.4, -0.2) is 17.7 Å². The fraction of sp³-hybridized carbons (Fsp3) is 0.625. The van der Waals surface area contributed by atoms with E-state index in [9.17, 15) is 5.11 Å². The molecule has 0 spiro atoms. The first kappa shape index (κ1) is 12.0. The standard InChI is InChI=1S/C16H23NO/c1-4-16-7-8-17-14(15(16,2)3)9-11-5-6-12(18)10-13(11)16/h5-6,10,14,17-18H,4,7-9H2,1-3H3/t14?,16-/m0/s1. The largest absolute Gasteiger partial charge is 0.508 e. The molecular formula is C16H23NO. The molecule has 3 rings (SSSR count). The Morgan fingerprint density at radius 3 is 2.89 bits per heavy atom. The van der Waals surface area contributed by atoms with E-state index in [-0.39, 0.29) is 10.8 Å². The minimum Gasteiger partial charge on any atom is -0.508 e. The average Bonchev–Trinajstić information content (AvgIpc) is 2.31. The van der Waals surface area contributed by atoms with Gasteiger partial charge in [-0.2, -0.15) is 0 Å². The van der Waals surface area contributed by atoms with E-state index in [4.69, 9.17) is 0 Å². The van der Waals surface area contributed by atoms with Gasteiger partial charge in [-0.25, -0.2) is 0 Å². The van der Waals surface area contributed by atoms with Crippen molar-refractivity contribution in [1.82, 2.24) is 5.32 Å². The summed E-state index contributed by atoms with van der Waals surface area (Å²) in [7, 11) is 0. The highest BCUT2D eigenvalue weighted by molar-refractivity contribution is 5.46. The van der Waals surface area contributed by atoms with Crippen LogP contribution in [0.2, 0.25) is 0 Å². The zero-order valence-electron chi connectivity index (χ0n) is 11.6. The summed E-state index contributed by atoms with van der Waals surface area (Å²) < 4.78 is 0. The smallest absolute Gasteiger partial charge is 0.115 e. The molecule has 18 heavy (non-hydrogen) atoms. The molecule has 0 aromatic heterocycles. The van der Waals surface area contributed by atoms with Gasteiger partial charge in [0.05, 0.1) is 0 Å². The van der Waals surface area contributed by atoms with Crippen LogP contribution >= 0.6 is 0 Å². The van der Waals surface area contributed by atoms with Crippen LogP contribution in [0.4, 0.5) is 0 Å². The summed E-state index contributed by atoms with van der Waals surface area (Å²) in [5, 5.41) is 13.5. The number of benzene rings is 1. The number of hydrogen-bond donors (Lipinski definition) is 2. The van der Waals surface area contributed by atoms with E-state index in [1.165, 1.54) is 17.5 Å². The number of fused-ring (bicyclic) bond motifs is 4. The zero-order valence-corrected chi connectivity index (χ0v) is 11.6. The van der Waals surface area contributed by atoms with Crippen molar-refractivity contribution < 1.29 is 5.11 Å². The van der Waals surface area contributed by atoms with Gasteiger partial charge in [0.1, 0.15) is 5.75 Å². The maximum Gasteiger partial charge on any atom is 0.115 e. The first-order valence-electron chi connectivity index (χ1n) is 7.07. The number of rotatable bonds is 1. The summed E-state index contributed by atoms with van der Waals surface area (Å²) in [5.41, 5.74) is 3.29. The van der Waals surface area contributed by atoms with Crippen LogP contribution in [0.3, 0.4) is 0 Å². The van der Waals surface area contributed by atoms with Crippen LogP contribution in [-0.2, 0) is 11.8 Å². The van der Waals surface area contributed by atoms with E-state index < -0.39 is 0 Å². The molecule has 1 unspecified atom stereocenters. The van der Waals surface area contributed by atoms with E-state index in [0.717, 1.165) is 19.4 Å². The summed E-state index contributed by atoms with van der Waals surface area (Å²) in [6.07, 6.45) is 3.41. The molecule has 1 aliphatic carbocycles. The average molecular weight is 245 g/mol. The topological polar surface area (TPSA) is 32.3 Å². The quantitative estimate of drug-likeness (QED) is 0.797. The molecule has 2 atom stereocenters. The van der Waals surface area contributed by atoms with Crippen LogP contribution in [0, 0.1) is 5.41 Å². The molecule has 0 amide bonds. The van der Waals surface area contributed by atoms with Crippen LogP contribution in [0.15, 0.2) is 18.2 Å². The Morgan fingerprint density at radius 1 is 1.39 bits per heavy atom. The zero-order chi connectivity index (χ0) is 13.0. The maximum absolute atomic E-state index is 9.85.